The number of rotatable bonds is 3. The summed E-state index contributed by atoms with van der Waals surface area (Å²) in [6, 6.07) is 1.66. The minimum absolute atomic E-state index is 0.254. The van der Waals surface area contributed by atoms with E-state index >= 15 is 0 Å². The van der Waals surface area contributed by atoms with Crippen LogP contribution in [0.4, 0.5) is 0 Å². The number of hydrogen-bond acceptors (Lipinski definition) is 2. The van der Waals surface area contributed by atoms with Gasteiger partial charge in [-0.05, 0) is 71.8 Å². The van der Waals surface area contributed by atoms with E-state index < -0.39 is 0 Å². The minimum atomic E-state index is 0.254. The molecule has 0 aromatic rings. The Labute approximate surface area is 120 Å². The maximum absolute atomic E-state index is 3.73. The Morgan fingerprint density at radius 2 is 1.68 bits per heavy atom. The summed E-state index contributed by atoms with van der Waals surface area (Å²) in [4.78, 5) is 2.86. The summed E-state index contributed by atoms with van der Waals surface area (Å²) in [5, 5.41) is 3.73. The molecule has 0 spiro atoms. The van der Waals surface area contributed by atoms with Gasteiger partial charge in [-0.25, -0.2) is 0 Å². The highest BCUT2D eigenvalue weighted by atomic mass is 15.2. The first kappa shape index (κ1) is 15.3. The van der Waals surface area contributed by atoms with Gasteiger partial charge in [-0.3, -0.25) is 4.90 Å². The Hall–Kier alpha value is -0.0800. The van der Waals surface area contributed by atoms with Crippen LogP contribution in [0.1, 0.15) is 72.6 Å². The quantitative estimate of drug-likeness (QED) is 0.835. The van der Waals surface area contributed by atoms with Gasteiger partial charge in [0.05, 0.1) is 0 Å². The molecule has 0 aromatic heterocycles. The SMILES string of the molecule is CC1CCC(N2CCCCC2CNC(C)(C)C)CC1. The molecule has 0 radical (unpaired) electrons. The molecule has 2 rings (SSSR count). The van der Waals surface area contributed by atoms with Crippen molar-refractivity contribution in [2.45, 2.75) is 90.3 Å². The molecule has 1 heterocycles. The molecule has 1 aliphatic carbocycles. The van der Waals surface area contributed by atoms with Gasteiger partial charge in [-0.15, -0.1) is 0 Å². The number of nitrogens with one attached hydrogen (secondary N) is 1. The summed E-state index contributed by atoms with van der Waals surface area (Å²) in [6.45, 7) is 11.8. The van der Waals surface area contributed by atoms with Crippen molar-refractivity contribution in [1.29, 1.82) is 0 Å². The van der Waals surface area contributed by atoms with Gasteiger partial charge < -0.3 is 5.32 Å². The van der Waals surface area contributed by atoms with E-state index in [1.54, 1.807) is 0 Å². The molecule has 2 aliphatic rings. The Morgan fingerprint density at radius 1 is 1.00 bits per heavy atom. The van der Waals surface area contributed by atoms with Gasteiger partial charge in [0, 0.05) is 24.2 Å². The standard InChI is InChI=1S/C17H34N2/c1-14-8-10-15(11-9-14)19-12-6-5-7-16(19)13-18-17(2,3)4/h14-16,18H,5-13H2,1-4H3. The van der Waals surface area contributed by atoms with Crippen LogP contribution in [0.2, 0.25) is 0 Å². The van der Waals surface area contributed by atoms with Crippen molar-refractivity contribution in [3.05, 3.63) is 0 Å². The monoisotopic (exact) mass is 266 g/mol. The zero-order valence-electron chi connectivity index (χ0n) is 13.5. The molecule has 1 saturated heterocycles. The number of hydrogen-bond donors (Lipinski definition) is 1. The molecule has 0 aromatic carbocycles. The van der Waals surface area contributed by atoms with E-state index in [1.807, 2.05) is 0 Å². The molecule has 1 saturated carbocycles. The first-order chi connectivity index (χ1) is 8.96. The van der Waals surface area contributed by atoms with E-state index in [0.717, 1.165) is 18.0 Å². The maximum Gasteiger partial charge on any atom is 0.0223 e. The molecule has 2 heteroatoms. The summed E-state index contributed by atoms with van der Waals surface area (Å²) in [6.07, 6.45) is 10.0. The second kappa shape index (κ2) is 6.58. The summed E-state index contributed by atoms with van der Waals surface area (Å²) in [5.74, 6) is 0.965. The van der Waals surface area contributed by atoms with Crippen LogP contribution in [0.15, 0.2) is 0 Å². The molecule has 1 unspecified atom stereocenters. The summed E-state index contributed by atoms with van der Waals surface area (Å²) >= 11 is 0. The van der Waals surface area contributed by atoms with E-state index in [4.69, 9.17) is 0 Å². The van der Waals surface area contributed by atoms with Crippen molar-refractivity contribution >= 4 is 0 Å². The second-order valence-corrected chi connectivity index (χ2v) is 7.93. The average molecular weight is 266 g/mol. The van der Waals surface area contributed by atoms with Crippen molar-refractivity contribution in [3.8, 4) is 0 Å². The lowest BCUT2D eigenvalue weighted by atomic mass is 9.84. The van der Waals surface area contributed by atoms with E-state index in [2.05, 4.69) is 37.9 Å². The van der Waals surface area contributed by atoms with Crippen LogP contribution < -0.4 is 5.32 Å². The molecular weight excluding hydrogens is 232 g/mol. The molecule has 1 atom stereocenters. The van der Waals surface area contributed by atoms with Gasteiger partial charge in [0.15, 0.2) is 0 Å². The zero-order chi connectivity index (χ0) is 13.9. The minimum Gasteiger partial charge on any atom is -0.311 e. The van der Waals surface area contributed by atoms with E-state index in [9.17, 15) is 0 Å². The third kappa shape index (κ3) is 4.75. The molecule has 2 fully saturated rings. The predicted molar refractivity (Wildman–Crippen MR) is 83.5 cm³/mol. The summed E-state index contributed by atoms with van der Waals surface area (Å²) in [7, 11) is 0. The molecule has 0 bridgehead atoms. The average Bonchev–Trinajstić information content (AvgIpc) is 2.37. The zero-order valence-corrected chi connectivity index (χ0v) is 13.5. The first-order valence-corrected chi connectivity index (χ1v) is 8.46. The third-order valence-electron chi connectivity index (χ3n) is 5.00. The van der Waals surface area contributed by atoms with Crippen LogP contribution in [0.5, 0.6) is 0 Å². The van der Waals surface area contributed by atoms with E-state index in [-0.39, 0.29) is 5.54 Å². The van der Waals surface area contributed by atoms with Gasteiger partial charge in [-0.2, -0.15) is 0 Å². The number of nitrogens with zero attached hydrogens (tertiary/aromatic N) is 1. The van der Waals surface area contributed by atoms with Crippen LogP contribution in [0, 0.1) is 5.92 Å². The normalized spacial score (nSPS) is 34.4. The van der Waals surface area contributed by atoms with Crippen molar-refractivity contribution in [3.63, 3.8) is 0 Å². The number of likely N-dealkylation sites (tertiary alicyclic amines) is 1. The molecule has 19 heavy (non-hydrogen) atoms. The van der Waals surface area contributed by atoms with Gasteiger partial charge in [0.25, 0.3) is 0 Å². The van der Waals surface area contributed by atoms with Crippen molar-refractivity contribution in [1.82, 2.24) is 10.2 Å². The lowest BCUT2D eigenvalue weighted by Gasteiger charge is -2.44. The Kier molecular flexibility index (Phi) is 5.30. The van der Waals surface area contributed by atoms with Crippen molar-refractivity contribution in [2.24, 2.45) is 5.92 Å². The summed E-state index contributed by atoms with van der Waals surface area (Å²) < 4.78 is 0. The highest BCUT2D eigenvalue weighted by molar-refractivity contribution is 4.88. The van der Waals surface area contributed by atoms with Gasteiger partial charge >= 0.3 is 0 Å². The predicted octanol–water partition coefficient (Wildman–Crippen LogP) is 3.81. The van der Waals surface area contributed by atoms with E-state index in [1.165, 1.54) is 58.0 Å². The van der Waals surface area contributed by atoms with E-state index in [0.29, 0.717) is 0 Å². The van der Waals surface area contributed by atoms with Gasteiger partial charge in [-0.1, -0.05) is 13.3 Å². The van der Waals surface area contributed by atoms with Crippen molar-refractivity contribution < 1.29 is 0 Å². The third-order valence-corrected chi connectivity index (χ3v) is 5.00. The van der Waals surface area contributed by atoms with Crippen LogP contribution in [-0.4, -0.2) is 35.6 Å². The van der Waals surface area contributed by atoms with Crippen LogP contribution >= 0.6 is 0 Å². The van der Waals surface area contributed by atoms with Crippen LogP contribution in [0.3, 0.4) is 0 Å². The Morgan fingerprint density at radius 3 is 2.32 bits per heavy atom. The molecule has 1 N–H and O–H groups in total. The fraction of sp³-hybridized carbons (Fsp3) is 1.00. The molecule has 1 aliphatic heterocycles. The molecule has 112 valence electrons. The van der Waals surface area contributed by atoms with Crippen molar-refractivity contribution in [2.75, 3.05) is 13.1 Å². The second-order valence-electron chi connectivity index (χ2n) is 7.93. The van der Waals surface area contributed by atoms with Crippen LogP contribution in [-0.2, 0) is 0 Å². The molecule has 2 nitrogen and oxygen atoms in total. The molecular formula is C17H34N2. The van der Waals surface area contributed by atoms with Gasteiger partial charge in [0.1, 0.15) is 0 Å². The highest BCUT2D eigenvalue weighted by Crippen LogP contribution is 2.31. The molecule has 0 amide bonds. The Bertz CT molecular complexity index is 261. The van der Waals surface area contributed by atoms with Gasteiger partial charge in [0.2, 0.25) is 0 Å². The highest BCUT2D eigenvalue weighted by Gasteiger charge is 2.31. The fourth-order valence-electron chi connectivity index (χ4n) is 3.72. The summed E-state index contributed by atoms with van der Waals surface area (Å²) in [5.41, 5.74) is 0.254. The Balaban J connectivity index is 1.88. The van der Waals surface area contributed by atoms with Crippen LogP contribution in [0.25, 0.3) is 0 Å². The topological polar surface area (TPSA) is 15.3 Å². The fourth-order valence-corrected chi connectivity index (χ4v) is 3.72. The smallest absolute Gasteiger partial charge is 0.0223 e. The largest absolute Gasteiger partial charge is 0.311 e. The number of piperidine rings is 1. The lowest BCUT2D eigenvalue weighted by Crippen LogP contribution is -2.53. The maximum atomic E-state index is 3.73. The first-order valence-electron chi connectivity index (χ1n) is 8.46. The lowest BCUT2D eigenvalue weighted by molar-refractivity contribution is 0.0610.